The van der Waals surface area contributed by atoms with Gasteiger partial charge >= 0.3 is 12.4 Å². The lowest BCUT2D eigenvalue weighted by molar-refractivity contribution is -0.306. The first kappa shape index (κ1) is 17.3. The van der Waals surface area contributed by atoms with Gasteiger partial charge in [-0.3, -0.25) is 0 Å². The molecule has 1 aliphatic carbocycles. The molecule has 10 heteroatoms. The first-order valence-electron chi connectivity index (χ1n) is 7.88. The van der Waals surface area contributed by atoms with Crippen LogP contribution in [0.1, 0.15) is 25.7 Å². The predicted octanol–water partition coefficient (Wildman–Crippen LogP) is 2.83. The largest absolute Gasteiger partial charge is 0.572 e. The Morgan fingerprint density at radius 2 is 1.68 bits per heavy atom. The second kappa shape index (κ2) is 7.16. The van der Waals surface area contributed by atoms with E-state index in [1.807, 2.05) is 0 Å². The van der Waals surface area contributed by atoms with Crippen LogP contribution in [0.15, 0.2) is 36.1 Å². The number of carbonyl (C=O) groups is 1. The lowest BCUT2D eigenvalue weighted by Crippen LogP contribution is -2.43. The molecule has 1 aromatic heterocycles. The Morgan fingerprint density at radius 1 is 1.08 bits per heavy atom. The molecule has 2 aliphatic rings. The maximum absolute atomic E-state index is 12.2. The van der Waals surface area contributed by atoms with Crippen molar-refractivity contribution in [2.75, 3.05) is 13.1 Å². The fourth-order valence-corrected chi connectivity index (χ4v) is 2.75. The van der Waals surface area contributed by atoms with Gasteiger partial charge in [0.25, 0.3) is 0 Å². The molecule has 3 rings (SSSR count). The van der Waals surface area contributed by atoms with Gasteiger partial charge in [0.1, 0.15) is 11.9 Å². The van der Waals surface area contributed by atoms with Crippen molar-refractivity contribution < 1.29 is 27.4 Å². The highest BCUT2D eigenvalue weighted by molar-refractivity contribution is 5.74. The third-order valence-electron chi connectivity index (χ3n) is 3.94. The van der Waals surface area contributed by atoms with E-state index in [1.165, 1.54) is 24.5 Å². The molecule has 0 atom stereocenters. The van der Waals surface area contributed by atoms with Crippen molar-refractivity contribution in [3.63, 3.8) is 0 Å². The molecule has 0 bridgehead atoms. The molecule has 1 fully saturated rings. The van der Waals surface area contributed by atoms with Crippen LogP contribution < -0.4 is 0 Å². The lowest BCUT2D eigenvalue weighted by Gasteiger charge is -2.32. The van der Waals surface area contributed by atoms with Crippen molar-refractivity contribution in [3.8, 4) is 0 Å². The Morgan fingerprint density at radius 3 is 2.24 bits per heavy atom. The van der Waals surface area contributed by atoms with E-state index >= 15 is 0 Å². The molecule has 1 saturated heterocycles. The van der Waals surface area contributed by atoms with Gasteiger partial charge < -0.3 is 14.4 Å². The molecule has 0 spiro atoms. The summed E-state index contributed by atoms with van der Waals surface area (Å²) in [5.74, 6) is 0.514. The Balaban J connectivity index is 1.47. The summed E-state index contributed by atoms with van der Waals surface area (Å²) in [5.41, 5.74) is 0. The maximum Gasteiger partial charge on any atom is 0.572 e. The van der Waals surface area contributed by atoms with Crippen LogP contribution in [0, 0.1) is 0 Å². The molecule has 1 aliphatic heterocycles. The summed E-state index contributed by atoms with van der Waals surface area (Å²) in [7, 11) is 0. The molecule has 0 unspecified atom stereocenters. The molecule has 2 heterocycles. The number of hydrogen-bond donors (Lipinski definition) is 0. The smallest absolute Gasteiger partial charge is 0.495 e. The maximum atomic E-state index is 12.2. The molecule has 0 saturated carbocycles. The highest BCUT2D eigenvalue weighted by atomic mass is 19.4. The highest BCUT2D eigenvalue weighted by Gasteiger charge is 2.32. The Kier molecular flexibility index (Phi) is 4.95. The Hall–Kier alpha value is -2.52. The zero-order valence-corrected chi connectivity index (χ0v) is 13.3. The van der Waals surface area contributed by atoms with Gasteiger partial charge in [0, 0.05) is 38.8 Å². The number of alkyl halides is 3. The zero-order valence-electron chi connectivity index (χ0n) is 13.3. The normalized spacial score (nSPS) is 19.2. The summed E-state index contributed by atoms with van der Waals surface area (Å²) in [6, 6.07) is -0.280. The summed E-state index contributed by atoms with van der Waals surface area (Å²) in [6.07, 6.45) is 2.72. The number of carbonyl (C=O) groups excluding carboxylic acids is 1. The fraction of sp³-hybridized carbons (Fsp3) is 0.533. The summed E-state index contributed by atoms with van der Waals surface area (Å²) >= 11 is 0. The van der Waals surface area contributed by atoms with Gasteiger partial charge in [-0.1, -0.05) is 4.80 Å². The first-order chi connectivity index (χ1) is 11.9. The second-order valence-corrected chi connectivity index (χ2v) is 5.72. The summed E-state index contributed by atoms with van der Waals surface area (Å²) in [6.45, 7) is 1.02. The van der Waals surface area contributed by atoms with E-state index in [-0.39, 0.29) is 24.3 Å². The number of hydrogen-bond acceptors (Lipinski definition) is 5. The van der Waals surface area contributed by atoms with Crippen LogP contribution in [-0.4, -0.2) is 51.5 Å². The van der Waals surface area contributed by atoms with Gasteiger partial charge in [0.05, 0.1) is 18.2 Å². The number of aromatic nitrogens is 3. The molecule has 0 N–H and O–H groups in total. The van der Waals surface area contributed by atoms with E-state index in [1.54, 1.807) is 4.90 Å². The van der Waals surface area contributed by atoms with Gasteiger partial charge in [0.15, 0.2) is 0 Å². The number of rotatable bonds is 3. The van der Waals surface area contributed by atoms with Crippen LogP contribution in [0.3, 0.4) is 0 Å². The summed E-state index contributed by atoms with van der Waals surface area (Å²) < 4.78 is 46.2. The van der Waals surface area contributed by atoms with Crippen molar-refractivity contribution in [2.24, 2.45) is 0 Å². The molecular formula is C15H17F3N4O3. The van der Waals surface area contributed by atoms with Crippen LogP contribution in [0.2, 0.25) is 0 Å². The summed E-state index contributed by atoms with van der Waals surface area (Å²) in [5, 5.41) is 7.62. The van der Waals surface area contributed by atoms with E-state index in [0.29, 0.717) is 38.1 Å². The molecule has 136 valence electrons. The molecule has 1 amide bonds. The number of nitrogens with zero attached hydrogens (tertiary/aromatic N) is 4. The van der Waals surface area contributed by atoms with Crippen LogP contribution in [-0.2, 0) is 9.47 Å². The molecule has 0 aromatic carbocycles. The molecular weight excluding hydrogens is 341 g/mol. The van der Waals surface area contributed by atoms with E-state index in [4.69, 9.17) is 4.74 Å². The zero-order chi connectivity index (χ0) is 17.9. The van der Waals surface area contributed by atoms with Crippen LogP contribution in [0.25, 0.3) is 0 Å². The quantitative estimate of drug-likeness (QED) is 0.831. The van der Waals surface area contributed by atoms with Crippen molar-refractivity contribution in [1.29, 1.82) is 0 Å². The van der Waals surface area contributed by atoms with Crippen molar-refractivity contribution in [3.05, 3.63) is 36.1 Å². The lowest BCUT2D eigenvalue weighted by atomic mass is 10.1. The second-order valence-electron chi connectivity index (χ2n) is 5.72. The number of allylic oxidation sites excluding steroid dienone is 4. The minimum Gasteiger partial charge on any atom is -0.495 e. The SMILES string of the molecule is O=C(N1CCC(OC2=CC=C(OC(F)(F)F)CC2)CC1)n1nccn1. The monoisotopic (exact) mass is 358 g/mol. The average molecular weight is 358 g/mol. The number of ether oxygens (including phenoxy) is 2. The topological polar surface area (TPSA) is 69.5 Å². The van der Waals surface area contributed by atoms with Crippen molar-refractivity contribution in [1.82, 2.24) is 19.9 Å². The van der Waals surface area contributed by atoms with E-state index in [2.05, 4.69) is 14.9 Å². The highest BCUT2D eigenvalue weighted by Crippen LogP contribution is 2.29. The standard InChI is InChI=1S/C15H17F3N4O3/c16-15(17,18)25-13-3-1-11(2-4-13)24-12-5-9-21(10-6-12)14(23)22-19-7-8-20-22/h1,3,7-8,12H,2,4-6,9-10H2. The van der Waals surface area contributed by atoms with Crippen molar-refractivity contribution >= 4 is 6.03 Å². The number of likely N-dealkylation sites (tertiary alicyclic amines) is 1. The third-order valence-corrected chi connectivity index (χ3v) is 3.94. The van der Waals surface area contributed by atoms with Crippen LogP contribution >= 0.6 is 0 Å². The number of amides is 1. The van der Waals surface area contributed by atoms with E-state index < -0.39 is 6.36 Å². The Bertz CT molecular complexity index is 662. The fourth-order valence-electron chi connectivity index (χ4n) is 2.75. The number of piperidine rings is 1. The molecule has 1 aromatic rings. The van der Waals surface area contributed by atoms with Gasteiger partial charge in [-0.2, -0.15) is 10.2 Å². The van der Waals surface area contributed by atoms with Crippen molar-refractivity contribution in [2.45, 2.75) is 38.1 Å². The van der Waals surface area contributed by atoms with Crippen LogP contribution in [0.5, 0.6) is 0 Å². The third kappa shape index (κ3) is 4.74. The van der Waals surface area contributed by atoms with Gasteiger partial charge in [-0.25, -0.2) is 4.79 Å². The summed E-state index contributed by atoms with van der Waals surface area (Å²) in [4.78, 5) is 14.8. The van der Waals surface area contributed by atoms with Gasteiger partial charge in [-0.05, 0) is 12.2 Å². The van der Waals surface area contributed by atoms with Gasteiger partial charge in [0.2, 0.25) is 0 Å². The predicted molar refractivity (Wildman–Crippen MR) is 79.0 cm³/mol. The molecule has 7 nitrogen and oxygen atoms in total. The molecule has 0 radical (unpaired) electrons. The first-order valence-corrected chi connectivity index (χ1v) is 7.88. The average Bonchev–Trinajstić information content (AvgIpc) is 3.10. The van der Waals surface area contributed by atoms with Gasteiger partial charge in [-0.15, -0.1) is 13.2 Å². The van der Waals surface area contributed by atoms with Crippen LogP contribution in [0.4, 0.5) is 18.0 Å². The molecule has 25 heavy (non-hydrogen) atoms. The van der Waals surface area contributed by atoms with E-state index in [9.17, 15) is 18.0 Å². The number of halogens is 3. The Labute approximate surface area is 141 Å². The minimum absolute atomic E-state index is 0.0700. The minimum atomic E-state index is -4.67. The van der Waals surface area contributed by atoms with E-state index in [0.717, 1.165) is 4.80 Å².